The van der Waals surface area contributed by atoms with Gasteiger partial charge in [-0.15, -0.1) is 0 Å². The van der Waals surface area contributed by atoms with Crippen LogP contribution in [0.15, 0.2) is 48.5 Å². The van der Waals surface area contributed by atoms with Crippen LogP contribution < -0.4 is 14.2 Å². The second kappa shape index (κ2) is 9.12. The molecule has 1 amide bonds. The fourth-order valence-electron chi connectivity index (χ4n) is 3.05. The molecule has 148 valence electrons. The van der Waals surface area contributed by atoms with Crippen molar-refractivity contribution >= 4 is 11.9 Å². The van der Waals surface area contributed by atoms with Crippen molar-refractivity contribution in [1.82, 2.24) is 4.90 Å². The van der Waals surface area contributed by atoms with Crippen LogP contribution in [0.5, 0.6) is 17.2 Å². The Morgan fingerprint density at radius 1 is 1.11 bits per heavy atom. The molecule has 1 N–H and O–H groups in total. The Morgan fingerprint density at radius 2 is 1.86 bits per heavy atom. The van der Waals surface area contributed by atoms with Gasteiger partial charge in [-0.05, 0) is 24.3 Å². The summed E-state index contributed by atoms with van der Waals surface area (Å²) in [4.78, 5) is 24.8. The molecule has 0 aromatic heterocycles. The Bertz CT molecular complexity index is 823. The molecule has 0 aliphatic carbocycles. The molecule has 0 spiro atoms. The maximum absolute atomic E-state index is 12.1. The third kappa shape index (κ3) is 4.94. The van der Waals surface area contributed by atoms with E-state index in [-0.39, 0.29) is 18.9 Å². The predicted octanol–water partition coefficient (Wildman–Crippen LogP) is 2.59. The molecule has 1 fully saturated rings. The predicted molar refractivity (Wildman–Crippen MR) is 102 cm³/mol. The highest BCUT2D eigenvalue weighted by Crippen LogP contribution is 2.28. The van der Waals surface area contributed by atoms with E-state index in [1.807, 2.05) is 36.4 Å². The molecule has 28 heavy (non-hydrogen) atoms. The van der Waals surface area contributed by atoms with Gasteiger partial charge in [-0.1, -0.05) is 18.2 Å². The van der Waals surface area contributed by atoms with E-state index >= 15 is 0 Å². The number of aliphatic carboxylic acids is 1. The molecule has 1 heterocycles. The minimum Gasteiger partial charge on any atom is -0.497 e. The van der Waals surface area contributed by atoms with Crippen LogP contribution in [0.2, 0.25) is 0 Å². The number of carbonyl (C=O) groups is 2. The lowest BCUT2D eigenvalue weighted by molar-refractivity contribution is -0.141. The molecule has 2 aromatic carbocycles. The number of benzene rings is 2. The number of ether oxygens (including phenoxy) is 3. The SMILES string of the molecule is COc1ccc(CN2CC(C(=O)O)CC2=O)c(OCCOc2ccccc2)c1. The van der Waals surface area contributed by atoms with Gasteiger partial charge in [0.05, 0.1) is 13.0 Å². The average Bonchev–Trinajstić information content (AvgIpc) is 3.08. The van der Waals surface area contributed by atoms with Crippen LogP contribution in [-0.2, 0) is 16.1 Å². The summed E-state index contributed by atoms with van der Waals surface area (Å²) in [5, 5.41) is 9.14. The van der Waals surface area contributed by atoms with Gasteiger partial charge < -0.3 is 24.2 Å². The highest BCUT2D eigenvalue weighted by molar-refractivity contribution is 5.86. The van der Waals surface area contributed by atoms with E-state index in [4.69, 9.17) is 19.3 Å². The third-order valence-electron chi connectivity index (χ3n) is 4.55. The summed E-state index contributed by atoms with van der Waals surface area (Å²) < 4.78 is 16.7. The van der Waals surface area contributed by atoms with Crippen LogP contribution in [0.3, 0.4) is 0 Å². The van der Waals surface area contributed by atoms with Gasteiger partial charge in [-0.2, -0.15) is 0 Å². The minimum absolute atomic E-state index is 0.0343. The number of hydrogen-bond acceptors (Lipinski definition) is 5. The number of carboxylic acids is 1. The van der Waals surface area contributed by atoms with Gasteiger partial charge in [0, 0.05) is 31.1 Å². The maximum atomic E-state index is 12.1. The van der Waals surface area contributed by atoms with E-state index in [2.05, 4.69) is 0 Å². The third-order valence-corrected chi connectivity index (χ3v) is 4.55. The van der Waals surface area contributed by atoms with Crippen molar-refractivity contribution in [3.8, 4) is 17.2 Å². The van der Waals surface area contributed by atoms with Crippen LogP contribution in [0.1, 0.15) is 12.0 Å². The largest absolute Gasteiger partial charge is 0.497 e. The molecule has 1 aliphatic heterocycles. The smallest absolute Gasteiger partial charge is 0.308 e. The van der Waals surface area contributed by atoms with Crippen LogP contribution in [0.25, 0.3) is 0 Å². The van der Waals surface area contributed by atoms with Crippen LogP contribution in [0.4, 0.5) is 0 Å². The lowest BCUT2D eigenvalue weighted by Crippen LogP contribution is -2.26. The highest BCUT2D eigenvalue weighted by Gasteiger charge is 2.34. The summed E-state index contributed by atoms with van der Waals surface area (Å²) in [5.74, 6) is 0.219. The molecular formula is C21H23NO6. The van der Waals surface area contributed by atoms with E-state index in [0.29, 0.717) is 31.3 Å². The molecule has 0 bridgehead atoms. The van der Waals surface area contributed by atoms with Crippen molar-refractivity contribution < 1.29 is 28.9 Å². The van der Waals surface area contributed by atoms with Gasteiger partial charge in [-0.3, -0.25) is 9.59 Å². The molecule has 1 saturated heterocycles. The first-order valence-electron chi connectivity index (χ1n) is 9.05. The minimum atomic E-state index is -0.944. The van der Waals surface area contributed by atoms with Gasteiger partial charge in [0.25, 0.3) is 0 Å². The van der Waals surface area contributed by atoms with Gasteiger partial charge in [0.2, 0.25) is 5.91 Å². The van der Waals surface area contributed by atoms with Crippen molar-refractivity contribution in [2.45, 2.75) is 13.0 Å². The number of likely N-dealkylation sites (tertiary alicyclic amines) is 1. The van der Waals surface area contributed by atoms with Gasteiger partial charge >= 0.3 is 5.97 Å². The molecule has 0 radical (unpaired) electrons. The van der Waals surface area contributed by atoms with E-state index < -0.39 is 11.9 Å². The quantitative estimate of drug-likeness (QED) is 0.668. The summed E-state index contributed by atoms with van der Waals surface area (Å²) in [7, 11) is 1.57. The van der Waals surface area contributed by atoms with E-state index in [0.717, 1.165) is 11.3 Å². The topological polar surface area (TPSA) is 85.3 Å². The number of methoxy groups -OCH3 is 1. The van der Waals surface area contributed by atoms with Crippen molar-refractivity contribution in [3.05, 3.63) is 54.1 Å². The summed E-state index contributed by atoms with van der Waals surface area (Å²) in [5.41, 5.74) is 0.792. The molecule has 1 atom stereocenters. The number of carboxylic acid groups (broad SMARTS) is 1. The molecule has 2 aromatic rings. The van der Waals surface area contributed by atoms with Gasteiger partial charge in [0.1, 0.15) is 30.5 Å². The number of nitrogens with zero attached hydrogens (tertiary/aromatic N) is 1. The summed E-state index contributed by atoms with van der Waals surface area (Å²) in [6.45, 7) is 1.18. The zero-order chi connectivity index (χ0) is 19.9. The Balaban J connectivity index is 1.63. The van der Waals surface area contributed by atoms with Crippen molar-refractivity contribution in [1.29, 1.82) is 0 Å². The van der Waals surface area contributed by atoms with Gasteiger partial charge in [-0.25, -0.2) is 0 Å². The Kier molecular flexibility index (Phi) is 6.37. The molecule has 1 aliphatic rings. The first-order valence-corrected chi connectivity index (χ1v) is 9.05. The van der Waals surface area contributed by atoms with E-state index in [1.165, 1.54) is 0 Å². The second-order valence-electron chi connectivity index (χ2n) is 6.50. The monoisotopic (exact) mass is 385 g/mol. The fourth-order valence-corrected chi connectivity index (χ4v) is 3.05. The summed E-state index contributed by atoms with van der Waals surface area (Å²) in [6.07, 6.45) is 0.0343. The number of amides is 1. The first kappa shape index (κ1) is 19.5. The lowest BCUT2D eigenvalue weighted by Gasteiger charge is -2.19. The van der Waals surface area contributed by atoms with Crippen LogP contribution in [0, 0.1) is 5.92 Å². The van der Waals surface area contributed by atoms with Crippen LogP contribution >= 0.6 is 0 Å². The number of rotatable bonds is 9. The van der Waals surface area contributed by atoms with Gasteiger partial charge in [0.15, 0.2) is 0 Å². The molecule has 1 unspecified atom stereocenters. The highest BCUT2D eigenvalue weighted by atomic mass is 16.5. The summed E-state index contributed by atoms with van der Waals surface area (Å²) >= 11 is 0. The standard InChI is InChI=1S/C21H23NO6/c1-26-18-8-7-15(13-22-14-16(21(24)25)11-20(22)23)19(12-18)28-10-9-27-17-5-3-2-4-6-17/h2-8,12,16H,9-11,13-14H2,1H3,(H,24,25). The Labute approximate surface area is 163 Å². The number of hydrogen-bond donors (Lipinski definition) is 1. The fraction of sp³-hybridized carbons (Fsp3) is 0.333. The first-order chi connectivity index (χ1) is 13.6. The zero-order valence-corrected chi connectivity index (χ0v) is 15.7. The Morgan fingerprint density at radius 3 is 2.54 bits per heavy atom. The maximum Gasteiger partial charge on any atom is 0.308 e. The normalized spacial score (nSPS) is 16.1. The molecule has 3 rings (SSSR count). The molecule has 0 saturated carbocycles. The summed E-state index contributed by atoms with van der Waals surface area (Å²) in [6, 6.07) is 14.8. The van der Waals surface area contributed by atoms with Crippen molar-refractivity contribution in [2.24, 2.45) is 5.92 Å². The van der Waals surface area contributed by atoms with Crippen molar-refractivity contribution in [3.63, 3.8) is 0 Å². The molecule has 7 nitrogen and oxygen atoms in total. The second-order valence-corrected chi connectivity index (χ2v) is 6.50. The Hall–Kier alpha value is -3.22. The number of carbonyl (C=O) groups excluding carboxylic acids is 1. The number of para-hydroxylation sites is 1. The van der Waals surface area contributed by atoms with E-state index in [9.17, 15) is 9.59 Å². The van der Waals surface area contributed by atoms with E-state index in [1.54, 1.807) is 24.1 Å². The average molecular weight is 385 g/mol. The van der Waals surface area contributed by atoms with Crippen molar-refractivity contribution in [2.75, 3.05) is 26.9 Å². The molecular weight excluding hydrogens is 362 g/mol. The zero-order valence-electron chi connectivity index (χ0n) is 15.7. The molecule has 7 heteroatoms. The van der Waals surface area contributed by atoms with Crippen LogP contribution in [-0.4, -0.2) is 48.8 Å². The lowest BCUT2D eigenvalue weighted by atomic mass is 10.1.